The molecular formula is C15H23NO2. The molecule has 0 amide bonds. The van der Waals surface area contributed by atoms with Gasteiger partial charge in [0.25, 0.3) is 0 Å². The predicted molar refractivity (Wildman–Crippen MR) is 73.9 cm³/mol. The van der Waals surface area contributed by atoms with Crippen molar-refractivity contribution in [3.05, 3.63) is 34.4 Å². The third-order valence-electron chi connectivity index (χ3n) is 3.64. The second-order valence-electron chi connectivity index (χ2n) is 5.08. The van der Waals surface area contributed by atoms with Crippen LogP contribution in [0.15, 0.2) is 12.1 Å². The van der Waals surface area contributed by atoms with Crippen LogP contribution < -0.4 is 5.73 Å². The van der Waals surface area contributed by atoms with Crippen LogP contribution in [0.4, 0.5) is 0 Å². The van der Waals surface area contributed by atoms with Crippen LogP contribution in [0.25, 0.3) is 0 Å². The van der Waals surface area contributed by atoms with Crippen LogP contribution in [-0.2, 0) is 4.79 Å². The topological polar surface area (TPSA) is 63.3 Å². The van der Waals surface area contributed by atoms with Gasteiger partial charge in [-0.3, -0.25) is 4.79 Å². The number of hydrogen-bond acceptors (Lipinski definition) is 2. The molecular weight excluding hydrogens is 226 g/mol. The SMILES string of the molecule is CCC(CC(N)C(=O)O)c1cc(C)cc(C)c1C. The van der Waals surface area contributed by atoms with Gasteiger partial charge in [-0.2, -0.15) is 0 Å². The van der Waals surface area contributed by atoms with Gasteiger partial charge < -0.3 is 10.8 Å². The summed E-state index contributed by atoms with van der Waals surface area (Å²) < 4.78 is 0. The molecule has 1 aromatic rings. The van der Waals surface area contributed by atoms with E-state index in [1.54, 1.807) is 0 Å². The maximum Gasteiger partial charge on any atom is 0.320 e. The van der Waals surface area contributed by atoms with Gasteiger partial charge >= 0.3 is 5.97 Å². The molecule has 1 aromatic carbocycles. The first kappa shape index (κ1) is 14.7. The van der Waals surface area contributed by atoms with Gasteiger partial charge in [0.1, 0.15) is 6.04 Å². The van der Waals surface area contributed by atoms with Crippen molar-refractivity contribution in [2.45, 2.75) is 52.5 Å². The molecule has 2 atom stereocenters. The Bertz CT molecular complexity index is 440. The molecule has 0 aliphatic heterocycles. The van der Waals surface area contributed by atoms with Crippen molar-refractivity contribution in [1.82, 2.24) is 0 Å². The Morgan fingerprint density at radius 2 is 1.94 bits per heavy atom. The normalized spacial score (nSPS) is 14.3. The number of hydrogen-bond donors (Lipinski definition) is 2. The lowest BCUT2D eigenvalue weighted by atomic mass is 9.85. The van der Waals surface area contributed by atoms with E-state index in [-0.39, 0.29) is 5.92 Å². The van der Waals surface area contributed by atoms with E-state index < -0.39 is 12.0 Å². The Hall–Kier alpha value is -1.35. The third-order valence-corrected chi connectivity index (χ3v) is 3.64. The van der Waals surface area contributed by atoms with E-state index in [0.717, 1.165) is 6.42 Å². The molecule has 0 saturated heterocycles. The summed E-state index contributed by atoms with van der Waals surface area (Å²) in [5, 5.41) is 8.93. The minimum atomic E-state index is -0.921. The lowest BCUT2D eigenvalue weighted by molar-refractivity contribution is -0.138. The molecule has 0 saturated carbocycles. The van der Waals surface area contributed by atoms with E-state index in [2.05, 4.69) is 39.8 Å². The summed E-state index contributed by atoms with van der Waals surface area (Å²) in [6.45, 7) is 8.34. The number of aryl methyl sites for hydroxylation is 2. The van der Waals surface area contributed by atoms with E-state index in [9.17, 15) is 4.79 Å². The molecule has 0 spiro atoms. The van der Waals surface area contributed by atoms with Crippen molar-refractivity contribution < 1.29 is 9.90 Å². The minimum absolute atomic E-state index is 0.217. The molecule has 2 unspecified atom stereocenters. The van der Waals surface area contributed by atoms with Gasteiger partial charge in [-0.1, -0.05) is 24.6 Å². The van der Waals surface area contributed by atoms with Gasteiger partial charge in [0.2, 0.25) is 0 Å². The van der Waals surface area contributed by atoms with Crippen LogP contribution in [-0.4, -0.2) is 17.1 Å². The van der Waals surface area contributed by atoms with E-state index in [0.29, 0.717) is 6.42 Å². The number of nitrogens with two attached hydrogens (primary N) is 1. The molecule has 0 aliphatic carbocycles. The zero-order valence-electron chi connectivity index (χ0n) is 11.7. The second kappa shape index (κ2) is 6.01. The lowest BCUT2D eigenvalue weighted by Crippen LogP contribution is -2.32. The molecule has 0 bridgehead atoms. The molecule has 3 nitrogen and oxygen atoms in total. The monoisotopic (exact) mass is 249 g/mol. The van der Waals surface area contributed by atoms with Crippen molar-refractivity contribution >= 4 is 5.97 Å². The van der Waals surface area contributed by atoms with Crippen LogP contribution in [0.2, 0.25) is 0 Å². The van der Waals surface area contributed by atoms with Crippen molar-refractivity contribution in [1.29, 1.82) is 0 Å². The molecule has 0 fully saturated rings. The molecule has 0 radical (unpaired) electrons. The number of carboxylic acids is 1. The summed E-state index contributed by atoms with van der Waals surface area (Å²) in [6, 6.07) is 3.53. The zero-order valence-corrected chi connectivity index (χ0v) is 11.7. The van der Waals surface area contributed by atoms with Crippen molar-refractivity contribution in [3.8, 4) is 0 Å². The lowest BCUT2D eigenvalue weighted by Gasteiger charge is -2.21. The summed E-state index contributed by atoms with van der Waals surface area (Å²) >= 11 is 0. The summed E-state index contributed by atoms with van der Waals surface area (Å²) in [5.41, 5.74) is 10.6. The number of rotatable bonds is 5. The van der Waals surface area contributed by atoms with E-state index >= 15 is 0 Å². The Morgan fingerprint density at radius 1 is 1.33 bits per heavy atom. The zero-order chi connectivity index (χ0) is 13.9. The van der Waals surface area contributed by atoms with Gasteiger partial charge in [-0.15, -0.1) is 0 Å². The van der Waals surface area contributed by atoms with Gasteiger partial charge in [0.05, 0.1) is 0 Å². The van der Waals surface area contributed by atoms with Crippen LogP contribution in [0.5, 0.6) is 0 Å². The highest BCUT2D eigenvalue weighted by Gasteiger charge is 2.20. The van der Waals surface area contributed by atoms with Crippen molar-refractivity contribution in [2.24, 2.45) is 5.73 Å². The number of benzene rings is 1. The van der Waals surface area contributed by atoms with E-state index in [1.165, 1.54) is 22.3 Å². The van der Waals surface area contributed by atoms with Gasteiger partial charge in [0, 0.05) is 0 Å². The van der Waals surface area contributed by atoms with Gasteiger partial charge in [-0.25, -0.2) is 0 Å². The molecule has 0 aromatic heterocycles. The summed E-state index contributed by atoms with van der Waals surface area (Å²) in [4.78, 5) is 10.9. The number of carbonyl (C=O) groups is 1. The van der Waals surface area contributed by atoms with Crippen LogP contribution in [0.3, 0.4) is 0 Å². The summed E-state index contributed by atoms with van der Waals surface area (Å²) in [6.07, 6.45) is 1.40. The quantitative estimate of drug-likeness (QED) is 0.843. The highest BCUT2D eigenvalue weighted by atomic mass is 16.4. The fourth-order valence-corrected chi connectivity index (χ4v) is 2.42. The Morgan fingerprint density at radius 3 is 2.44 bits per heavy atom. The molecule has 100 valence electrons. The van der Waals surface area contributed by atoms with Crippen LogP contribution in [0.1, 0.15) is 47.9 Å². The van der Waals surface area contributed by atoms with E-state index in [4.69, 9.17) is 10.8 Å². The average Bonchev–Trinajstić information content (AvgIpc) is 2.30. The Kier molecular flexibility index (Phi) is 4.91. The molecule has 3 N–H and O–H groups in total. The molecule has 1 rings (SSSR count). The van der Waals surface area contributed by atoms with Gasteiger partial charge in [0.15, 0.2) is 0 Å². The van der Waals surface area contributed by atoms with Crippen molar-refractivity contribution in [3.63, 3.8) is 0 Å². The van der Waals surface area contributed by atoms with E-state index in [1.807, 2.05) is 0 Å². The van der Waals surface area contributed by atoms with Crippen molar-refractivity contribution in [2.75, 3.05) is 0 Å². The standard InChI is InChI=1S/C15H23NO2/c1-5-12(8-14(16)15(17)18)13-7-9(2)6-10(3)11(13)4/h6-7,12,14H,5,8,16H2,1-4H3,(H,17,18). The maximum absolute atomic E-state index is 10.9. The summed E-state index contributed by atoms with van der Waals surface area (Å²) in [7, 11) is 0. The summed E-state index contributed by atoms with van der Waals surface area (Å²) in [5.74, 6) is -0.704. The Labute approximate surface area is 109 Å². The third kappa shape index (κ3) is 3.33. The average molecular weight is 249 g/mol. The predicted octanol–water partition coefficient (Wildman–Crippen LogP) is 2.91. The molecule has 18 heavy (non-hydrogen) atoms. The van der Waals surface area contributed by atoms with Gasteiger partial charge in [-0.05, 0) is 56.2 Å². The fourth-order valence-electron chi connectivity index (χ4n) is 2.42. The minimum Gasteiger partial charge on any atom is -0.480 e. The highest BCUT2D eigenvalue weighted by Crippen LogP contribution is 2.29. The first-order chi connectivity index (χ1) is 8.36. The number of carboxylic acid groups (broad SMARTS) is 1. The Balaban J connectivity index is 3.05. The van der Waals surface area contributed by atoms with Crippen LogP contribution in [0, 0.1) is 20.8 Å². The molecule has 0 heterocycles. The molecule has 3 heteroatoms. The smallest absolute Gasteiger partial charge is 0.320 e. The largest absolute Gasteiger partial charge is 0.480 e. The first-order valence-corrected chi connectivity index (χ1v) is 6.42. The fraction of sp³-hybridized carbons (Fsp3) is 0.533. The highest BCUT2D eigenvalue weighted by molar-refractivity contribution is 5.73. The van der Waals surface area contributed by atoms with Crippen LogP contribution >= 0.6 is 0 Å². The first-order valence-electron chi connectivity index (χ1n) is 6.42. The maximum atomic E-state index is 10.9. The second-order valence-corrected chi connectivity index (χ2v) is 5.08. The number of aliphatic carboxylic acids is 1. The molecule has 0 aliphatic rings.